The topological polar surface area (TPSA) is 89.2 Å². The van der Waals surface area contributed by atoms with E-state index in [1.807, 2.05) is 0 Å². The molecule has 1 aliphatic rings. The summed E-state index contributed by atoms with van der Waals surface area (Å²) in [6.45, 7) is 0.511. The smallest absolute Gasteiger partial charge is 0.275 e. The fourth-order valence-corrected chi connectivity index (χ4v) is 2.15. The number of hydrogen-bond donors (Lipinski definition) is 1. The Kier molecular flexibility index (Phi) is 3.76. The van der Waals surface area contributed by atoms with Crippen LogP contribution in [0.3, 0.4) is 0 Å². The molecule has 2 amide bonds. The lowest BCUT2D eigenvalue weighted by molar-refractivity contribution is -0.123. The van der Waals surface area contributed by atoms with Crippen LogP contribution in [0, 0.1) is 0 Å². The van der Waals surface area contributed by atoms with E-state index in [2.05, 4.69) is 10.2 Å². The Balaban J connectivity index is 2.20. The van der Waals surface area contributed by atoms with Gasteiger partial charge in [0.25, 0.3) is 5.91 Å². The van der Waals surface area contributed by atoms with E-state index in [4.69, 9.17) is 17.3 Å². The van der Waals surface area contributed by atoms with E-state index in [9.17, 15) is 9.59 Å². The first-order valence-electron chi connectivity index (χ1n) is 5.69. The van der Waals surface area contributed by atoms with Gasteiger partial charge < -0.3 is 10.6 Å². The lowest BCUT2D eigenvalue weighted by atomic mass is 10.0. The summed E-state index contributed by atoms with van der Waals surface area (Å²) in [5, 5.41) is 7.56. The van der Waals surface area contributed by atoms with Gasteiger partial charge in [0.05, 0.1) is 0 Å². The number of nitrogens with two attached hydrogens (primary N) is 1. The fourth-order valence-electron chi connectivity index (χ4n) is 2.05. The van der Waals surface area contributed by atoms with Gasteiger partial charge in [0.2, 0.25) is 5.91 Å². The van der Waals surface area contributed by atoms with Crippen molar-refractivity contribution in [3.63, 3.8) is 0 Å². The minimum Gasteiger partial charge on any atom is -0.368 e. The summed E-state index contributed by atoms with van der Waals surface area (Å²) in [5.74, 6) is -0.812. The third-order valence-electron chi connectivity index (χ3n) is 2.94. The number of likely N-dealkylation sites (tertiary alicyclic amines) is 1. The molecule has 0 radical (unpaired) electrons. The number of aromatic nitrogens is 2. The fraction of sp³-hybridized carbons (Fsp3) is 0.455. The van der Waals surface area contributed by atoms with Crippen LogP contribution < -0.4 is 5.73 Å². The standard InChI is InChI=1S/C11H13ClN4O2/c12-9-5-4-7(14-15-9)11(18)16-6-2-1-3-8(16)10(13)17/h4-5,8H,1-3,6H2,(H2,13,17). The van der Waals surface area contributed by atoms with Gasteiger partial charge in [0.1, 0.15) is 6.04 Å². The van der Waals surface area contributed by atoms with Crippen LogP contribution in [-0.2, 0) is 4.79 Å². The van der Waals surface area contributed by atoms with Crippen LogP contribution in [0.5, 0.6) is 0 Å². The van der Waals surface area contributed by atoms with Crippen LogP contribution in [0.25, 0.3) is 0 Å². The van der Waals surface area contributed by atoms with Crippen LogP contribution >= 0.6 is 11.6 Å². The molecule has 18 heavy (non-hydrogen) atoms. The monoisotopic (exact) mass is 268 g/mol. The Labute approximate surface area is 109 Å². The predicted octanol–water partition coefficient (Wildman–Crippen LogP) is 0.610. The molecule has 0 aliphatic carbocycles. The first kappa shape index (κ1) is 12.8. The van der Waals surface area contributed by atoms with Crippen LogP contribution in [0.1, 0.15) is 29.8 Å². The number of carbonyl (C=O) groups is 2. The Morgan fingerprint density at radius 3 is 2.72 bits per heavy atom. The van der Waals surface area contributed by atoms with Gasteiger partial charge in [-0.25, -0.2) is 0 Å². The Morgan fingerprint density at radius 2 is 2.11 bits per heavy atom. The molecule has 1 aromatic rings. The zero-order valence-corrected chi connectivity index (χ0v) is 10.4. The van der Waals surface area contributed by atoms with E-state index in [-0.39, 0.29) is 16.8 Å². The second-order valence-electron chi connectivity index (χ2n) is 4.15. The summed E-state index contributed by atoms with van der Waals surface area (Å²) in [4.78, 5) is 25.0. The minimum atomic E-state index is -0.552. The van der Waals surface area contributed by atoms with Crippen molar-refractivity contribution < 1.29 is 9.59 Å². The van der Waals surface area contributed by atoms with Crippen molar-refractivity contribution in [2.45, 2.75) is 25.3 Å². The maximum Gasteiger partial charge on any atom is 0.275 e. The van der Waals surface area contributed by atoms with E-state index in [1.54, 1.807) is 0 Å². The van der Waals surface area contributed by atoms with E-state index in [1.165, 1.54) is 17.0 Å². The lowest BCUT2D eigenvalue weighted by Gasteiger charge is -2.33. The number of primary amides is 1. The first-order chi connectivity index (χ1) is 8.59. The van der Waals surface area contributed by atoms with Gasteiger partial charge in [-0.1, -0.05) is 11.6 Å². The molecule has 2 rings (SSSR count). The zero-order valence-electron chi connectivity index (χ0n) is 9.67. The number of rotatable bonds is 2. The third kappa shape index (κ3) is 2.59. The number of halogens is 1. The lowest BCUT2D eigenvalue weighted by Crippen LogP contribution is -2.50. The van der Waals surface area contributed by atoms with Crippen LogP contribution in [0.15, 0.2) is 12.1 Å². The second kappa shape index (κ2) is 5.30. The maximum absolute atomic E-state index is 12.2. The van der Waals surface area contributed by atoms with E-state index >= 15 is 0 Å². The molecule has 0 saturated carbocycles. The van der Waals surface area contributed by atoms with Gasteiger partial charge in [-0.05, 0) is 31.4 Å². The molecule has 7 heteroatoms. The first-order valence-corrected chi connectivity index (χ1v) is 6.07. The number of hydrogen-bond acceptors (Lipinski definition) is 4. The molecule has 1 aromatic heterocycles. The molecule has 0 spiro atoms. The predicted molar refractivity (Wildman–Crippen MR) is 64.9 cm³/mol. The summed E-state index contributed by atoms with van der Waals surface area (Å²) < 4.78 is 0. The molecule has 6 nitrogen and oxygen atoms in total. The maximum atomic E-state index is 12.2. The Hall–Kier alpha value is -1.69. The highest BCUT2D eigenvalue weighted by atomic mass is 35.5. The van der Waals surface area contributed by atoms with Crippen LogP contribution in [-0.4, -0.2) is 39.5 Å². The number of carbonyl (C=O) groups excluding carboxylic acids is 2. The van der Waals surface area contributed by atoms with Crippen molar-refractivity contribution >= 4 is 23.4 Å². The summed E-state index contributed by atoms with van der Waals surface area (Å²) in [5.41, 5.74) is 5.48. The summed E-state index contributed by atoms with van der Waals surface area (Å²) >= 11 is 5.61. The van der Waals surface area contributed by atoms with Crippen molar-refractivity contribution in [2.75, 3.05) is 6.54 Å². The molecule has 0 aromatic carbocycles. The largest absolute Gasteiger partial charge is 0.368 e. The van der Waals surface area contributed by atoms with Gasteiger partial charge in [0, 0.05) is 6.54 Å². The highest BCUT2D eigenvalue weighted by Crippen LogP contribution is 2.19. The van der Waals surface area contributed by atoms with E-state index in [0.29, 0.717) is 13.0 Å². The quantitative estimate of drug-likeness (QED) is 0.851. The second-order valence-corrected chi connectivity index (χ2v) is 4.54. The minimum absolute atomic E-state index is 0.174. The van der Waals surface area contributed by atoms with Gasteiger partial charge in [0.15, 0.2) is 10.8 Å². The molecule has 1 saturated heterocycles. The molecule has 2 heterocycles. The number of piperidine rings is 1. The van der Waals surface area contributed by atoms with E-state index < -0.39 is 11.9 Å². The van der Waals surface area contributed by atoms with Crippen molar-refractivity contribution in [1.82, 2.24) is 15.1 Å². The molecular weight excluding hydrogens is 256 g/mol. The molecule has 1 aliphatic heterocycles. The highest BCUT2D eigenvalue weighted by Gasteiger charge is 2.31. The van der Waals surface area contributed by atoms with Gasteiger partial charge in [-0.15, -0.1) is 10.2 Å². The zero-order chi connectivity index (χ0) is 13.1. The SMILES string of the molecule is NC(=O)C1CCCCN1C(=O)c1ccc(Cl)nn1. The van der Waals surface area contributed by atoms with Crippen molar-refractivity contribution in [3.05, 3.63) is 23.0 Å². The van der Waals surface area contributed by atoms with Crippen LogP contribution in [0.2, 0.25) is 5.15 Å². The average molecular weight is 269 g/mol. The molecule has 96 valence electrons. The Bertz CT molecular complexity index is 463. The molecule has 2 N–H and O–H groups in total. The van der Waals surface area contributed by atoms with Crippen molar-refractivity contribution in [3.8, 4) is 0 Å². The molecule has 1 unspecified atom stereocenters. The number of nitrogens with zero attached hydrogens (tertiary/aromatic N) is 3. The molecule has 1 atom stereocenters. The van der Waals surface area contributed by atoms with Crippen molar-refractivity contribution in [2.24, 2.45) is 5.73 Å². The van der Waals surface area contributed by atoms with Gasteiger partial charge in [-0.3, -0.25) is 9.59 Å². The van der Waals surface area contributed by atoms with Crippen molar-refractivity contribution in [1.29, 1.82) is 0 Å². The summed E-state index contributed by atoms with van der Waals surface area (Å²) in [6, 6.07) is 2.43. The third-order valence-corrected chi connectivity index (χ3v) is 3.14. The van der Waals surface area contributed by atoms with E-state index in [0.717, 1.165) is 12.8 Å². The summed E-state index contributed by atoms with van der Waals surface area (Å²) in [6.07, 6.45) is 2.35. The summed E-state index contributed by atoms with van der Waals surface area (Å²) in [7, 11) is 0. The molecule has 1 fully saturated rings. The molecule has 0 bridgehead atoms. The van der Waals surface area contributed by atoms with Gasteiger partial charge >= 0.3 is 0 Å². The Morgan fingerprint density at radius 1 is 1.33 bits per heavy atom. The average Bonchev–Trinajstić information content (AvgIpc) is 2.39. The van der Waals surface area contributed by atoms with Crippen LogP contribution in [0.4, 0.5) is 0 Å². The van der Waals surface area contributed by atoms with Gasteiger partial charge in [-0.2, -0.15) is 0 Å². The molecular formula is C11H13ClN4O2. The normalized spacial score (nSPS) is 19.6. The highest BCUT2D eigenvalue weighted by molar-refractivity contribution is 6.29. The number of amides is 2.